The lowest BCUT2D eigenvalue weighted by Gasteiger charge is -2.21. The molecular weight excluding hydrogens is 505 g/mol. The highest BCUT2D eigenvalue weighted by Crippen LogP contribution is 2.28. The molecule has 9 nitrogen and oxygen atoms in total. The summed E-state index contributed by atoms with van der Waals surface area (Å²) in [6.07, 6.45) is 2.35. The fourth-order valence-corrected chi connectivity index (χ4v) is 3.69. The first-order valence-corrected chi connectivity index (χ1v) is 12.5. The first-order valence-electron chi connectivity index (χ1n) is 9.94. The van der Waals surface area contributed by atoms with Gasteiger partial charge in [-0.15, -0.1) is 0 Å². The van der Waals surface area contributed by atoms with Gasteiger partial charge in [0.2, 0.25) is 10.0 Å². The molecule has 34 heavy (non-hydrogen) atoms. The van der Waals surface area contributed by atoms with Crippen LogP contribution in [0.5, 0.6) is 5.75 Å². The van der Waals surface area contributed by atoms with Crippen LogP contribution in [0.3, 0.4) is 0 Å². The van der Waals surface area contributed by atoms with Gasteiger partial charge < -0.3 is 9.47 Å². The predicted molar refractivity (Wildman–Crippen MR) is 132 cm³/mol. The van der Waals surface area contributed by atoms with Crippen molar-refractivity contribution >= 4 is 57.0 Å². The van der Waals surface area contributed by atoms with Crippen LogP contribution in [0.4, 0.5) is 5.69 Å². The second kappa shape index (κ2) is 11.5. The number of amides is 1. The van der Waals surface area contributed by atoms with E-state index >= 15 is 0 Å². The molecule has 0 heterocycles. The third-order valence-electron chi connectivity index (χ3n) is 3.94. The van der Waals surface area contributed by atoms with Crippen molar-refractivity contribution in [3.05, 3.63) is 58.1 Å². The number of nitrogens with one attached hydrogen (secondary N) is 1. The third-order valence-corrected chi connectivity index (χ3v) is 5.82. The number of hydrogen-bond acceptors (Lipinski definition) is 7. The van der Waals surface area contributed by atoms with E-state index in [4.69, 9.17) is 32.7 Å². The van der Waals surface area contributed by atoms with Crippen LogP contribution in [0.15, 0.2) is 47.6 Å². The molecule has 0 spiro atoms. The average Bonchev–Trinajstić information content (AvgIpc) is 2.71. The fourth-order valence-electron chi connectivity index (χ4n) is 2.55. The maximum atomic E-state index is 12.3. The molecule has 0 bridgehead atoms. The third kappa shape index (κ3) is 9.20. The number of hydrazone groups is 1. The number of anilines is 1. The number of rotatable bonds is 9. The lowest BCUT2D eigenvalue weighted by molar-refractivity contribution is -0.157. The molecule has 0 fully saturated rings. The van der Waals surface area contributed by atoms with Crippen molar-refractivity contribution < 1.29 is 27.5 Å². The average molecular weight is 530 g/mol. The van der Waals surface area contributed by atoms with E-state index in [-0.39, 0.29) is 22.3 Å². The Morgan fingerprint density at radius 3 is 2.29 bits per heavy atom. The number of benzene rings is 2. The smallest absolute Gasteiger partial charge is 0.344 e. The van der Waals surface area contributed by atoms with Gasteiger partial charge >= 0.3 is 5.97 Å². The number of ether oxygens (including phenoxy) is 2. The van der Waals surface area contributed by atoms with Crippen LogP contribution >= 0.6 is 23.2 Å². The van der Waals surface area contributed by atoms with Crippen LogP contribution in [0.1, 0.15) is 26.3 Å². The van der Waals surface area contributed by atoms with Crippen LogP contribution < -0.4 is 14.5 Å². The van der Waals surface area contributed by atoms with Crippen molar-refractivity contribution in [2.45, 2.75) is 26.4 Å². The van der Waals surface area contributed by atoms with Gasteiger partial charge in [0.1, 0.15) is 17.9 Å². The van der Waals surface area contributed by atoms with Crippen LogP contribution in [-0.2, 0) is 24.3 Å². The number of halogens is 2. The maximum absolute atomic E-state index is 12.3. The minimum atomic E-state index is -3.77. The Hall–Kier alpha value is -2.82. The van der Waals surface area contributed by atoms with E-state index in [1.807, 2.05) is 0 Å². The number of esters is 1. The van der Waals surface area contributed by atoms with E-state index in [1.54, 1.807) is 45.0 Å². The highest BCUT2D eigenvalue weighted by atomic mass is 35.5. The van der Waals surface area contributed by atoms with Gasteiger partial charge in [0.05, 0.1) is 28.2 Å². The maximum Gasteiger partial charge on any atom is 0.344 e. The largest absolute Gasteiger partial charge is 0.482 e. The van der Waals surface area contributed by atoms with E-state index < -0.39 is 34.0 Å². The molecule has 2 rings (SSSR count). The van der Waals surface area contributed by atoms with Gasteiger partial charge in [-0.1, -0.05) is 23.2 Å². The number of carbonyl (C=O) groups is 2. The van der Waals surface area contributed by atoms with Crippen LogP contribution in [0.25, 0.3) is 0 Å². The quantitative estimate of drug-likeness (QED) is 0.301. The van der Waals surface area contributed by atoms with Gasteiger partial charge in [0.25, 0.3) is 5.91 Å². The van der Waals surface area contributed by atoms with Crippen molar-refractivity contribution in [3.8, 4) is 5.75 Å². The monoisotopic (exact) mass is 529 g/mol. The highest BCUT2D eigenvalue weighted by Gasteiger charge is 2.21. The van der Waals surface area contributed by atoms with Crippen LogP contribution in [-0.4, -0.2) is 51.5 Å². The number of hydrogen-bond donors (Lipinski definition) is 1. The summed E-state index contributed by atoms with van der Waals surface area (Å²) in [5, 5.41) is 4.25. The molecule has 184 valence electrons. The Morgan fingerprint density at radius 2 is 1.74 bits per heavy atom. The van der Waals surface area contributed by atoms with E-state index in [0.29, 0.717) is 11.3 Å². The van der Waals surface area contributed by atoms with Crippen molar-refractivity contribution in [2.75, 3.05) is 23.7 Å². The predicted octanol–water partition coefficient (Wildman–Crippen LogP) is 3.63. The lowest BCUT2D eigenvalue weighted by Crippen LogP contribution is -2.39. The first-order chi connectivity index (χ1) is 15.7. The van der Waals surface area contributed by atoms with Gasteiger partial charge in [-0.05, 0) is 68.8 Å². The summed E-state index contributed by atoms with van der Waals surface area (Å²) in [5.41, 5.74) is 2.51. The SMILES string of the molecule is CC(C)(C)OC(=O)COc1ccc(/C=N/NC(=O)CN(c2ccc(Cl)c(Cl)c2)S(C)(=O)=O)cc1. The molecule has 0 aliphatic rings. The van der Waals surface area contributed by atoms with E-state index in [9.17, 15) is 18.0 Å². The minimum absolute atomic E-state index is 0.157. The molecule has 0 aliphatic carbocycles. The van der Waals surface area contributed by atoms with Crippen molar-refractivity contribution in [2.24, 2.45) is 5.10 Å². The Bertz CT molecular complexity index is 1160. The molecular formula is C22H25Cl2N3O6S. The molecule has 2 aromatic rings. The summed E-state index contributed by atoms with van der Waals surface area (Å²) < 4.78 is 35.7. The fraction of sp³-hybridized carbons (Fsp3) is 0.318. The van der Waals surface area contributed by atoms with Gasteiger partial charge in [-0.25, -0.2) is 18.6 Å². The lowest BCUT2D eigenvalue weighted by atomic mass is 10.2. The summed E-state index contributed by atoms with van der Waals surface area (Å²) in [7, 11) is -3.77. The molecule has 0 unspecified atom stereocenters. The molecule has 1 N–H and O–H groups in total. The molecule has 0 saturated heterocycles. The number of nitrogens with zero attached hydrogens (tertiary/aromatic N) is 2. The topological polar surface area (TPSA) is 114 Å². The Balaban J connectivity index is 1.93. The summed E-state index contributed by atoms with van der Waals surface area (Å²) in [5.74, 6) is -0.688. The molecule has 0 aliphatic heterocycles. The molecule has 2 aromatic carbocycles. The Morgan fingerprint density at radius 1 is 1.09 bits per heavy atom. The van der Waals surface area contributed by atoms with E-state index in [0.717, 1.165) is 10.6 Å². The van der Waals surface area contributed by atoms with Gasteiger partial charge in [0, 0.05) is 0 Å². The van der Waals surface area contributed by atoms with Gasteiger partial charge in [-0.2, -0.15) is 5.10 Å². The van der Waals surface area contributed by atoms with Gasteiger partial charge in [-0.3, -0.25) is 9.10 Å². The van der Waals surface area contributed by atoms with Crippen LogP contribution in [0, 0.1) is 0 Å². The summed E-state index contributed by atoms with van der Waals surface area (Å²) in [6, 6.07) is 10.8. The molecule has 0 radical (unpaired) electrons. The second-order valence-electron chi connectivity index (χ2n) is 8.11. The van der Waals surface area contributed by atoms with Crippen molar-refractivity contribution in [3.63, 3.8) is 0 Å². The van der Waals surface area contributed by atoms with Gasteiger partial charge in [0.15, 0.2) is 6.61 Å². The number of carbonyl (C=O) groups excluding carboxylic acids is 2. The van der Waals surface area contributed by atoms with E-state index in [1.165, 1.54) is 24.4 Å². The molecule has 12 heteroatoms. The summed E-state index contributed by atoms with van der Waals surface area (Å²) in [6.45, 7) is 4.57. The standard InChI is InChI=1S/C22H25Cl2N3O6S/c1-22(2,3)33-21(29)14-32-17-8-5-15(6-9-17)12-25-26-20(28)13-27(34(4,30)31)16-7-10-18(23)19(24)11-16/h5-12H,13-14H2,1-4H3,(H,26,28)/b25-12+. The summed E-state index contributed by atoms with van der Waals surface area (Å²) >= 11 is 11.8. The summed E-state index contributed by atoms with van der Waals surface area (Å²) in [4.78, 5) is 24.0. The zero-order chi connectivity index (χ0) is 25.5. The zero-order valence-corrected chi connectivity index (χ0v) is 21.4. The highest BCUT2D eigenvalue weighted by molar-refractivity contribution is 7.92. The second-order valence-corrected chi connectivity index (χ2v) is 10.8. The Kier molecular flexibility index (Phi) is 9.31. The van der Waals surface area contributed by atoms with Crippen molar-refractivity contribution in [1.82, 2.24) is 5.43 Å². The first kappa shape index (κ1) is 27.4. The number of sulfonamides is 1. The minimum Gasteiger partial charge on any atom is -0.482 e. The van der Waals surface area contributed by atoms with Crippen molar-refractivity contribution in [1.29, 1.82) is 0 Å². The molecule has 0 aromatic heterocycles. The zero-order valence-electron chi connectivity index (χ0n) is 19.0. The van der Waals surface area contributed by atoms with Crippen LogP contribution in [0.2, 0.25) is 10.0 Å². The Labute approximate surface area is 208 Å². The molecule has 0 atom stereocenters. The molecule has 0 saturated carbocycles. The van der Waals surface area contributed by atoms with E-state index in [2.05, 4.69) is 10.5 Å². The normalized spacial score (nSPS) is 11.8. The molecule has 1 amide bonds.